The van der Waals surface area contributed by atoms with Gasteiger partial charge in [0.05, 0.1) is 11.6 Å². The molecule has 0 spiro atoms. The molecule has 4 heteroatoms. The van der Waals surface area contributed by atoms with Crippen LogP contribution in [0.4, 0.5) is 13.2 Å². The van der Waals surface area contributed by atoms with Crippen LogP contribution in [0.3, 0.4) is 0 Å². The van der Waals surface area contributed by atoms with Gasteiger partial charge in [-0.15, -0.1) is 0 Å². The Bertz CT molecular complexity index is 345. The molecule has 2 atom stereocenters. The highest BCUT2D eigenvalue weighted by atomic mass is 19.4. The second-order valence-electron chi connectivity index (χ2n) is 3.73. The summed E-state index contributed by atoms with van der Waals surface area (Å²) in [6.45, 7) is 0. The van der Waals surface area contributed by atoms with Crippen molar-refractivity contribution in [2.45, 2.75) is 24.6 Å². The van der Waals surface area contributed by atoms with Crippen molar-refractivity contribution >= 4 is 0 Å². The number of benzene rings is 1. The van der Waals surface area contributed by atoms with E-state index in [1.54, 1.807) is 6.07 Å². The summed E-state index contributed by atoms with van der Waals surface area (Å²) < 4.78 is 37.0. The Kier molecular flexibility index (Phi) is 2.03. The third-order valence-corrected chi connectivity index (χ3v) is 2.56. The molecular weight excluding hydrogens is 191 g/mol. The van der Waals surface area contributed by atoms with Crippen LogP contribution in [-0.2, 0) is 6.18 Å². The average Bonchev–Trinajstić information content (AvgIpc) is 2.82. The highest BCUT2D eigenvalue weighted by molar-refractivity contribution is 5.32. The summed E-state index contributed by atoms with van der Waals surface area (Å²) in [5, 5.41) is 0. The number of quaternary nitrogens is 1. The quantitative estimate of drug-likeness (QED) is 0.719. The van der Waals surface area contributed by atoms with Gasteiger partial charge >= 0.3 is 6.18 Å². The molecule has 0 heterocycles. The van der Waals surface area contributed by atoms with Crippen molar-refractivity contribution in [3.63, 3.8) is 0 Å². The van der Waals surface area contributed by atoms with Gasteiger partial charge in [-0.2, -0.15) is 13.2 Å². The predicted molar refractivity (Wildman–Crippen MR) is 45.5 cm³/mol. The van der Waals surface area contributed by atoms with Crippen molar-refractivity contribution < 1.29 is 18.9 Å². The van der Waals surface area contributed by atoms with Gasteiger partial charge in [0.2, 0.25) is 0 Å². The molecule has 2 rings (SSSR count). The molecule has 2 unspecified atom stereocenters. The minimum atomic E-state index is -4.23. The van der Waals surface area contributed by atoms with Crippen LogP contribution in [0.15, 0.2) is 24.3 Å². The van der Waals surface area contributed by atoms with E-state index in [1.165, 1.54) is 12.1 Å². The number of hydrogen-bond donors (Lipinski definition) is 1. The number of alkyl halides is 3. The lowest BCUT2D eigenvalue weighted by Crippen LogP contribution is -2.53. The van der Waals surface area contributed by atoms with Crippen LogP contribution in [0, 0.1) is 0 Å². The van der Waals surface area contributed by atoms with E-state index in [1.807, 2.05) is 0 Å². The van der Waals surface area contributed by atoms with Gasteiger partial charge < -0.3 is 5.73 Å². The minimum Gasteiger partial charge on any atom is -0.355 e. The van der Waals surface area contributed by atoms with Crippen LogP contribution in [0.5, 0.6) is 0 Å². The molecule has 0 radical (unpaired) electrons. The first-order valence-electron chi connectivity index (χ1n) is 4.49. The van der Waals surface area contributed by atoms with Gasteiger partial charge in [0.15, 0.2) is 0 Å². The third-order valence-electron chi connectivity index (χ3n) is 2.56. The van der Waals surface area contributed by atoms with Crippen molar-refractivity contribution in [2.75, 3.05) is 0 Å². The standard InChI is InChI=1S/C10H10F3N/c11-10(12,13)7-3-1-2-6(4-7)8-5-9(8)14/h1-4,8-9H,5,14H2/p+1. The summed E-state index contributed by atoms with van der Waals surface area (Å²) in [6, 6.07) is 5.83. The highest BCUT2D eigenvalue weighted by Gasteiger charge is 2.40. The molecule has 0 aliphatic heterocycles. The van der Waals surface area contributed by atoms with Crippen LogP contribution in [0.1, 0.15) is 23.5 Å². The normalized spacial score (nSPS) is 26.3. The second-order valence-corrected chi connectivity index (χ2v) is 3.73. The SMILES string of the molecule is [NH3+]C1CC1c1cccc(C(F)(F)F)c1. The van der Waals surface area contributed by atoms with E-state index in [2.05, 4.69) is 5.73 Å². The molecule has 3 N–H and O–H groups in total. The van der Waals surface area contributed by atoms with E-state index in [-0.39, 0.29) is 5.92 Å². The minimum absolute atomic E-state index is 0.234. The molecule has 1 saturated carbocycles. The van der Waals surface area contributed by atoms with Gasteiger partial charge in [0.1, 0.15) is 0 Å². The van der Waals surface area contributed by atoms with E-state index in [0.29, 0.717) is 6.04 Å². The van der Waals surface area contributed by atoms with Crippen LogP contribution in [0.2, 0.25) is 0 Å². The zero-order valence-electron chi connectivity index (χ0n) is 7.51. The number of hydrogen-bond acceptors (Lipinski definition) is 0. The Morgan fingerprint density at radius 2 is 1.93 bits per heavy atom. The van der Waals surface area contributed by atoms with Crippen molar-refractivity contribution in [2.24, 2.45) is 0 Å². The molecule has 0 amide bonds. The molecule has 1 aromatic rings. The van der Waals surface area contributed by atoms with Crippen LogP contribution >= 0.6 is 0 Å². The fraction of sp³-hybridized carbons (Fsp3) is 0.400. The number of halogens is 3. The highest BCUT2D eigenvalue weighted by Crippen LogP contribution is 2.39. The van der Waals surface area contributed by atoms with Gasteiger partial charge in [-0.05, 0) is 11.6 Å². The fourth-order valence-electron chi connectivity index (χ4n) is 1.60. The van der Waals surface area contributed by atoms with Gasteiger partial charge in [0, 0.05) is 12.3 Å². The second kappa shape index (κ2) is 2.98. The maximum atomic E-state index is 12.3. The lowest BCUT2D eigenvalue weighted by Gasteiger charge is -2.07. The maximum absolute atomic E-state index is 12.3. The Hall–Kier alpha value is -1.03. The summed E-state index contributed by atoms with van der Waals surface area (Å²) in [5.41, 5.74) is 4.02. The summed E-state index contributed by atoms with van der Waals surface area (Å²) in [7, 11) is 0. The monoisotopic (exact) mass is 202 g/mol. The summed E-state index contributed by atoms with van der Waals surface area (Å²) in [5.74, 6) is 0.234. The molecular formula is C10H11F3N+. The molecule has 76 valence electrons. The van der Waals surface area contributed by atoms with E-state index in [4.69, 9.17) is 0 Å². The predicted octanol–water partition coefficient (Wildman–Crippen LogP) is 1.80. The fourth-order valence-corrected chi connectivity index (χ4v) is 1.60. The summed E-state index contributed by atoms with van der Waals surface area (Å²) in [4.78, 5) is 0. The topological polar surface area (TPSA) is 27.6 Å². The largest absolute Gasteiger partial charge is 0.416 e. The van der Waals surface area contributed by atoms with Crippen molar-refractivity contribution in [3.8, 4) is 0 Å². The van der Waals surface area contributed by atoms with E-state index < -0.39 is 11.7 Å². The van der Waals surface area contributed by atoms with Crippen molar-refractivity contribution in [3.05, 3.63) is 35.4 Å². The Morgan fingerprint density at radius 1 is 1.29 bits per heavy atom. The molecule has 0 aromatic heterocycles. The van der Waals surface area contributed by atoms with Gasteiger partial charge in [-0.1, -0.05) is 18.2 Å². The van der Waals surface area contributed by atoms with E-state index in [9.17, 15) is 13.2 Å². The van der Waals surface area contributed by atoms with Gasteiger partial charge in [-0.25, -0.2) is 0 Å². The average molecular weight is 202 g/mol. The summed E-state index contributed by atoms with van der Waals surface area (Å²) in [6.07, 6.45) is -3.33. The molecule has 1 aliphatic carbocycles. The molecule has 1 nitrogen and oxygen atoms in total. The molecule has 1 aliphatic rings. The van der Waals surface area contributed by atoms with Gasteiger partial charge in [-0.3, -0.25) is 0 Å². The maximum Gasteiger partial charge on any atom is 0.416 e. The smallest absolute Gasteiger partial charge is 0.355 e. The Balaban J connectivity index is 2.28. The zero-order valence-corrected chi connectivity index (χ0v) is 7.51. The first-order chi connectivity index (χ1) is 6.48. The first kappa shape index (κ1) is 9.52. The van der Waals surface area contributed by atoms with Crippen molar-refractivity contribution in [1.29, 1.82) is 0 Å². The van der Waals surface area contributed by atoms with E-state index in [0.717, 1.165) is 18.1 Å². The first-order valence-corrected chi connectivity index (χ1v) is 4.49. The Morgan fingerprint density at radius 3 is 2.43 bits per heavy atom. The van der Waals surface area contributed by atoms with E-state index >= 15 is 0 Å². The third kappa shape index (κ3) is 1.75. The van der Waals surface area contributed by atoms with Crippen LogP contribution in [-0.4, -0.2) is 6.04 Å². The molecule has 0 saturated heterocycles. The van der Waals surface area contributed by atoms with Gasteiger partial charge in [0.25, 0.3) is 0 Å². The van der Waals surface area contributed by atoms with Crippen molar-refractivity contribution in [1.82, 2.24) is 0 Å². The lowest BCUT2D eigenvalue weighted by molar-refractivity contribution is -0.386. The number of rotatable bonds is 1. The molecule has 1 fully saturated rings. The summed E-state index contributed by atoms with van der Waals surface area (Å²) >= 11 is 0. The Labute approximate surface area is 79.7 Å². The zero-order chi connectivity index (χ0) is 10.3. The van der Waals surface area contributed by atoms with Crippen LogP contribution < -0.4 is 5.73 Å². The van der Waals surface area contributed by atoms with Crippen LogP contribution in [0.25, 0.3) is 0 Å². The molecule has 14 heavy (non-hydrogen) atoms. The molecule has 0 bridgehead atoms. The molecule has 1 aromatic carbocycles. The lowest BCUT2D eigenvalue weighted by atomic mass is 10.1.